The van der Waals surface area contributed by atoms with E-state index in [9.17, 15) is 0 Å². The third-order valence-electron chi connectivity index (χ3n) is 4.62. The number of hydrogen-bond acceptors (Lipinski definition) is 3. The molecule has 118 valence electrons. The zero-order valence-corrected chi connectivity index (χ0v) is 13.8. The maximum atomic E-state index is 5.43. The highest BCUT2D eigenvalue weighted by Crippen LogP contribution is 2.24. The van der Waals surface area contributed by atoms with Crippen LogP contribution < -0.4 is 10.1 Å². The van der Waals surface area contributed by atoms with Crippen LogP contribution in [0.1, 0.15) is 51.1 Å². The molecule has 3 heteroatoms. The van der Waals surface area contributed by atoms with Crippen molar-refractivity contribution >= 4 is 0 Å². The van der Waals surface area contributed by atoms with Gasteiger partial charge < -0.3 is 15.0 Å². The Morgan fingerprint density at radius 2 is 2.14 bits per heavy atom. The maximum Gasteiger partial charge on any atom is 0.123 e. The molecular weight excluding hydrogens is 260 g/mol. The Morgan fingerprint density at radius 3 is 2.90 bits per heavy atom. The molecule has 1 N–H and O–H groups in total. The van der Waals surface area contributed by atoms with Gasteiger partial charge in [0.05, 0.1) is 7.11 Å². The molecule has 3 nitrogen and oxygen atoms in total. The second-order valence-electron chi connectivity index (χ2n) is 6.15. The van der Waals surface area contributed by atoms with Crippen molar-refractivity contribution in [2.45, 2.75) is 51.6 Å². The molecule has 0 aliphatic carbocycles. The molecule has 1 aromatic carbocycles. The predicted molar refractivity (Wildman–Crippen MR) is 88.9 cm³/mol. The highest BCUT2D eigenvalue weighted by atomic mass is 16.5. The molecule has 0 amide bonds. The SMILES string of the molecule is COc1ccccc1C(C)NCCCN1CCCCC1C. The van der Waals surface area contributed by atoms with Crippen LogP contribution in [0.2, 0.25) is 0 Å². The number of benzene rings is 1. The summed E-state index contributed by atoms with van der Waals surface area (Å²) in [6.07, 6.45) is 5.35. The number of rotatable bonds is 7. The first-order chi connectivity index (χ1) is 10.2. The van der Waals surface area contributed by atoms with E-state index in [2.05, 4.69) is 36.2 Å². The fourth-order valence-corrected chi connectivity index (χ4v) is 3.22. The Labute approximate surface area is 129 Å². The van der Waals surface area contributed by atoms with E-state index in [1.54, 1.807) is 7.11 Å². The Morgan fingerprint density at radius 1 is 1.33 bits per heavy atom. The first-order valence-corrected chi connectivity index (χ1v) is 8.32. The lowest BCUT2D eigenvalue weighted by molar-refractivity contribution is 0.158. The van der Waals surface area contributed by atoms with E-state index < -0.39 is 0 Å². The fourth-order valence-electron chi connectivity index (χ4n) is 3.22. The molecule has 0 radical (unpaired) electrons. The zero-order valence-electron chi connectivity index (χ0n) is 13.8. The number of methoxy groups -OCH3 is 1. The van der Waals surface area contributed by atoms with Gasteiger partial charge in [0.1, 0.15) is 5.75 Å². The van der Waals surface area contributed by atoms with Crippen LogP contribution in [0.5, 0.6) is 5.75 Å². The van der Waals surface area contributed by atoms with Gasteiger partial charge in [0.25, 0.3) is 0 Å². The van der Waals surface area contributed by atoms with E-state index >= 15 is 0 Å². The summed E-state index contributed by atoms with van der Waals surface area (Å²) in [5.74, 6) is 0.974. The van der Waals surface area contributed by atoms with Gasteiger partial charge in [-0.15, -0.1) is 0 Å². The van der Waals surface area contributed by atoms with Gasteiger partial charge in [-0.25, -0.2) is 0 Å². The number of ether oxygens (including phenoxy) is 1. The molecule has 1 aromatic rings. The molecule has 2 atom stereocenters. The molecule has 0 spiro atoms. The van der Waals surface area contributed by atoms with Gasteiger partial charge in [-0.1, -0.05) is 24.6 Å². The van der Waals surface area contributed by atoms with Crippen LogP contribution in [0.3, 0.4) is 0 Å². The van der Waals surface area contributed by atoms with Gasteiger partial charge in [-0.3, -0.25) is 0 Å². The third-order valence-corrected chi connectivity index (χ3v) is 4.62. The highest BCUT2D eigenvalue weighted by Gasteiger charge is 2.17. The van der Waals surface area contributed by atoms with E-state index in [0.29, 0.717) is 6.04 Å². The Balaban J connectivity index is 1.72. The number of hydrogen-bond donors (Lipinski definition) is 1. The van der Waals surface area contributed by atoms with Crippen LogP contribution in [0.15, 0.2) is 24.3 Å². The lowest BCUT2D eigenvalue weighted by atomic mass is 10.0. The minimum absolute atomic E-state index is 0.333. The van der Waals surface area contributed by atoms with Crippen molar-refractivity contribution in [3.8, 4) is 5.75 Å². The first kappa shape index (κ1) is 16.3. The quantitative estimate of drug-likeness (QED) is 0.776. The molecule has 1 aliphatic heterocycles. The average Bonchev–Trinajstić information content (AvgIpc) is 2.52. The monoisotopic (exact) mass is 290 g/mol. The largest absolute Gasteiger partial charge is 0.496 e. The second-order valence-corrected chi connectivity index (χ2v) is 6.15. The predicted octanol–water partition coefficient (Wildman–Crippen LogP) is 3.61. The van der Waals surface area contributed by atoms with Crippen molar-refractivity contribution in [2.24, 2.45) is 0 Å². The van der Waals surface area contributed by atoms with E-state index in [-0.39, 0.29) is 0 Å². The maximum absolute atomic E-state index is 5.43. The molecular formula is C18H30N2O. The summed E-state index contributed by atoms with van der Waals surface area (Å²) in [7, 11) is 1.74. The highest BCUT2D eigenvalue weighted by molar-refractivity contribution is 5.35. The first-order valence-electron chi connectivity index (χ1n) is 8.32. The Kier molecular flexibility index (Phi) is 6.52. The van der Waals surface area contributed by atoms with Gasteiger partial charge in [-0.05, 0) is 58.8 Å². The minimum atomic E-state index is 0.333. The van der Waals surface area contributed by atoms with Crippen LogP contribution in [-0.4, -0.2) is 37.7 Å². The Hall–Kier alpha value is -1.06. The van der Waals surface area contributed by atoms with Crippen molar-refractivity contribution in [2.75, 3.05) is 26.7 Å². The molecule has 2 rings (SSSR count). The third kappa shape index (κ3) is 4.72. The zero-order chi connectivity index (χ0) is 15.1. The normalized spacial score (nSPS) is 21.2. The van der Waals surface area contributed by atoms with Crippen LogP contribution in [0.25, 0.3) is 0 Å². The smallest absolute Gasteiger partial charge is 0.123 e. The van der Waals surface area contributed by atoms with Crippen LogP contribution in [0, 0.1) is 0 Å². The van der Waals surface area contributed by atoms with Crippen molar-refractivity contribution in [1.82, 2.24) is 10.2 Å². The Bertz CT molecular complexity index is 421. The lowest BCUT2D eigenvalue weighted by Crippen LogP contribution is -2.39. The van der Waals surface area contributed by atoms with Gasteiger partial charge in [-0.2, -0.15) is 0 Å². The lowest BCUT2D eigenvalue weighted by Gasteiger charge is -2.33. The van der Waals surface area contributed by atoms with Crippen molar-refractivity contribution in [1.29, 1.82) is 0 Å². The summed E-state index contributed by atoms with van der Waals surface area (Å²) in [5.41, 5.74) is 1.24. The van der Waals surface area contributed by atoms with E-state index in [4.69, 9.17) is 4.74 Å². The molecule has 1 aliphatic rings. The van der Waals surface area contributed by atoms with Crippen LogP contribution in [0.4, 0.5) is 0 Å². The summed E-state index contributed by atoms with van der Waals surface area (Å²) in [5, 5.41) is 3.62. The standard InChI is InChI=1S/C18H30N2O/c1-15-9-6-7-13-20(15)14-8-12-19-16(2)17-10-4-5-11-18(17)21-3/h4-5,10-11,15-16,19H,6-9,12-14H2,1-3H3. The summed E-state index contributed by atoms with van der Waals surface area (Å²) in [4.78, 5) is 2.64. The average molecular weight is 290 g/mol. The van der Waals surface area contributed by atoms with Gasteiger partial charge in [0.2, 0.25) is 0 Å². The number of likely N-dealkylation sites (tertiary alicyclic amines) is 1. The molecule has 0 saturated carbocycles. The number of piperidine rings is 1. The summed E-state index contributed by atoms with van der Waals surface area (Å²) in [6, 6.07) is 9.37. The van der Waals surface area contributed by atoms with Crippen LogP contribution >= 0.6 is 0 Å². The van der Waals surface area contributed by atoms with E-state index in [0.717, 1.165) is 18.3 Å². The van der Waals surface area contributed by atoms with Gasteiger partial charge in [0, 0.05) is 17.6 Å². The molecule has 1 heterocycles. The summed E-state index contributed by atoms with van der Waals surface area (Å²) in [6.45, 7) is 8.13. The van der Waals surface area contributed by atoms with Gasteiger partial charge >= 0.3 is 0 Å². The number of nitrogens with one attached hydrogen (secondary N) is 1. The second kappa shape index (κ2) is 8.40. The summed E-state index contributed by atoms with van der Waals surface area (Å²) >= 11 is 0. The molecule has 2 unspecified atom stereocenters. The molecule has 21 heavy (non-hydrogen) atoms. The molecule has 1 saturated heterocycles. The van der Waals surface area contributed by atoms with Crippen molar-refractivity contribution < 1.29 is 4.74 Å². The number of nitrogens with zero attached hydrogens (tertiary/aromatic N) is 1. The van der Waals surface area contributed by atoms with Crippen LogP contribution in [-0.2, 0) is 0 Å². The summed E-state index contributed by atoms with van der Waals surface area (Å²) < 4.78 is 5.43. The topological polar surface area (TPSA) is 24.5 Å². The fraction of sp³-hybridized carbons (Fsp3) is 0.667. The number of para-hydroxylation sites is 1. The van der Waals surface area contributed by atoms with Crippen molar-refractivity contribution in [3.63, 3.8) is 0 Å². The van der Waals surface area contributed by atoms with Crippen molar-refractivity contribution in [3.05, 3.63) is 29.8 Å². The minimum Gasteiger partial charge on any atom is -0.496 e. The van der Waals surface area contributed by atoms with E-state index in [1.165, 1.54) is 44.3 Å². The molecule has 0 aromatic heterocycles. The molecule has 1 fully saturated rings. The molecule has 0 bridgehead atoms. The van der Waals surface area contributed by atoms with Gasteiger partial charge in [0.15, 0.2) is 0 Å². The van der Waals surface area contributed by atoms with E-state index in [1.807, 2.05) is 12.1 Å².